The smallest absolute Gasteiger partial charge is 0.422 e. The van der Waals surface area contributed by atoms with E-state index in [1.165, 1.54) is 13.2 Å². The fourth-order valence-corrected chi connectivity index (χ4v) is 1.08. The maximum atomic E-state index is 11.9. The molecule has 1 heterocycles. The molecule has 0 radical (unpaired) electrons. The topological polar surface area (TPSA) is 77.5 Å². The normalized spacial score (nSPS) is 10.8. The standard InChI is InChI=1S/C11H11F3N2O4/c1-19-9(17)5-16-10(18)7-2-3-8(15-4-7)20-6-11(12,13)14/h2-4H,5-6H2,1H3,(H,16,18). The van der Waals surface area contributed by atoms with Crippen molar-refractivity contribution in [3.8, 4) is 5.88 Å². The maximum absolute atomic E-state index is 11.9. The van der Waals surface area contributed by atoms with Gasteiger partial charge in [0.15, 0.2) is 6.61 Å². The molecule has 1 amide bonds. The zero-order valence-electron chi connectivity index (χ0n) is 10.4. The lowest BCUT2D eigenvalue weighted by molar-refractivity contribution is -0.154. The summed E-state index contributed by atoms with van der Waals surface area (Å²) >= 11 is 0. The van der Waals surface area contributed by atoms with Gasteiger partial charge in [0.1, 0.15) is 6.54 Å². The molecule has 0 aliphatic rings. The number of alkyl halides is 3. The number of nitrogens with one attached hydrogen (secondary N) is 1. The van der Waals surface area contributed by atoms with Crippen LogP contribution >= 0.6 is 0 Å². The van der Waals surface area contributed by atoms with Crippen LogP contribution in [0.25, 0.3) is 0 Å². The third kappa shape index (κ3) is 5.55. The van der Waals surface area contributed by atoms with E-state index in [4.69, 9.17) is 0 Å². The number of esters is 1. The molecule has 0 aliphatic carbocycles. The monoisotopic (exact) mass is 292 g/mol. The number of aromatic nitrogens is 1. The highest BCUT2D eigenvalue weighted by atomic mass is 19.4. The van der Waals surface area contributed by atoms with E-state index in [2.05, 4.69) is 19.8 Å². The van der Waals surface area contributed by atoms with Crippen molar-refractivity contribution in [1.82, 2.24) is 10.3 Å². The Morgan fingerprint density at radius 1 is 1.35 bits per heavy atom. The Morgan fingerprint density at radius 2 is 2.05 bits per heavy atom. The number of hydrogen-bond donors (Lipinski definition) is 1. The van der Waals surface area contributed by atoms with Crippen LogP contribution in [-0.4, -0.2) is 43.3 Å². The zero-order valence-corrected chi connectivity index (χ0v) is 10.4. The van der Waals surface area contributed by atoms with Crippen molar-refractivity contribution in [2.75, 3.05) is 20.3 Å². The van der Waals surface area contributed by atoms with Gasteiger partial charge in [-0.25, -0.2) is 4.98 Å². The predicted molar refractivity (Wildman–Crippen MR) is 60.1 cm³/mol. The van der Waals surface area contributed by atoms with E-state index in [9.17, 15) is 22.8 Å². The summed E-state index contributed by atoms with van der Waals surface area (Å²) in [5.74, 6) is -1.49. The lowest BCUT2D eigenvalue weighted by atomic mass is 10.2. The van der Waals surface area contributed by atoms with E-state index in [-0.39, 0.29) is 18.0 Å². The third-order valence-corrected chi connectivity index (χ3v) is 2.00. The molecule has 0 aliphatic heterocycles. The number of amides is 1. The molecule has 6 nitrogen and oxygen atoms in total. The van der Waals surface area contributed by atoms with Crippen LogP contribution in [0.3, 0.4) is 0 Å². The van der Waals surface area contributed by atoms with Gasteiger partial charge in [-0.1, -0.05) is 0 Å². The molecule has 20 heavy (non-hydrogen) atoms. The molecule has 0 unspecified atom stereocenters. The number of halogens is 3. The third-order valence-electron chi connectivity index (χ3n) is 2.00. The van der Waals surface area contributed by atoms with Crippen molar-refractivity contribution in [1.29, 1.82) is 0 Å². The Balaban J connectivity index is 2.53. The summed E-state index contributed by atoms with van der Waals surface area (Å²) in [6.45, 7) is -1.78. The molecule has 0 saturated heterocycles. The highest BCUT2D eigenvalue weighted by Gasteiger charge is 2.28. The second kappa shape index (κ2) is 6.73. The summed E-state index contributed by atoms with van der Waals surface area (Å²) in [5.41, 5.74) is 0.0771. The maximum Gasteiger partial charge on any atom is 0.422 e. The Bertz CT molecular complexity index is 474. The predicted octanol–water partition coefficient (Wildman–Crippen LogP) is 0.925. The van der Waals surface area contributed by atoms with E-state index < -0.39 is 24.7 Å². The average molecular weight is 292 g/mol. The number of ether oxygens (including phenoxy) is 2. The van der Waals surface area contributed by atoms with Crippen LogP contribution in [0.5, 0.6) is 5.88 Å². The van der Waals surface area contributed by atoms with E-state index >= 15 is 0 Å². The summed E-state index contributed by atoms with van der Waals surface area (Å²) in [7, 11) is 1.17. The Labute approximate surface area is 111 Å². The molecule has 0 fully saturated rings. The fraction of sp³-hybridized carbons (Fsp3) is 0.364. The molecule has 0 saturated carbocycles. The highest BCUT2D eigenvalue weighted by Crippen LogP contribution is 2.16. The summed E-state index contributed by atoms with van der Waals surface area (Å²) in [6.07, 6.45) is -3.42. The molecule has 0 spiro atoms. The lowest BCUT2D eigenvalue weighted by Gasteiger charge is -2.08. The molecule has 0 bridgehead atoms. The van der Waals surface area contributed by atoms with E-state index in [1.54, 1.807) is 0 Å². The molecule has 9 heteroatoms. The number of methoxy groups -OCH3 is 1. The fourth-order valence-electron chi connectivity index (χ4n) is 1.08. The van der Waals surface area contributed by atoms with E-state index in [1.807, 2.05) is 0 Å². The van der Waals surface area contributed by atoms with Crippen LogP contribution in [0.4, 0.5) is 13.2 Å². The van der Waals surface area contributed by atoms with Crippen molar-refractivity contribution in [3.63, 3.8) is 0 Å². The van der Waals surface area contributed by atoms with Gasteiger partial charge in [-0.3, -0.25) is 9.59 Å². The highest BCUT2D eigenvalue weighted by molar-refractivity contribution is 5.95. The van der Waals surface area contributed by atoms with Crippen molar-refractivity contribution in [2.45, 2.75) is 6.18 Å². The first-order chi connectivity index (χ1) is 9.31. The van der Waals surface area contributed by atoms with Gasteiger partial charge in [-0.05, 0) is 6.07 Å². The van der Waals surface area contributed by atoms with Crippen LogP contribution in [0, 0.1) is 0 Å². The second-order valence-electron chi connectivity index (χ2n) is 3.55. The van der Waals surface area contributed by atoms with Crippen LogP contribution in [0.1, 0.15) is 10.4 Å². The number of rotatable bonds is 5. The minimum absolute atomic E-state index is 0.0771. The van der Waals surface area contributed by atoms with Gasteiger partial charge >= 0.3 is 12.1 Å². The molecular formula is C11H11F3N2O4. The number of nitrogens with zero attached hydrogens (tertiary/aromatic N) is 1. The van der Waals surface area contributed by atoms with Gasteiger partial charge in [0, 0.05) is 12.3 Å². The first-order valence-electron chi connectivity index (χ1n) is 5.32. The average Bonchev–Trinajstić information content (AvgIpc) is 2.41. The summed E-state index contributed by atoms with van der Waals surface area (Å²) < 4.78 is 44.4. The van der Waals surface area contributed by atoms with Gasteiger partial charge in [-0.2, -0.15) is 13.2 Å². The molecule has 1 rings (SSSR count). The largest absolute Gasteiger partial charge is 0.468 e. The Morgan fingerprint density at radius 3 is 2.55 bits per heavy atom. The van der Waals surface area contributed by atoms with Crippen LogP contribution in [0.2, 0.25) is 0 Å². The summed E-state index contributed by atoms with van der Waals surface area (Å²) in [5, 5.41) is 2.25. The van der Waals surface area contributed by atoms with Gasteiger partial charge < -0.3 is 14.8 Å². The molecule has 0 aromatic carbocycles. The minimum atomic E-state index is -4.46. The van der Waals surface area contributed by atoms with Crippen molar-refractivity contribution in [2.24, 2.45) is 0 Å². The molecular weight excluding hydrogens is 281 g/mol. The van der Waals surface area contributed by atoms with Crippen molar-refractivity contribution >= 4 is 11.9 Å². The number of carbonyl (C=O) groups excluding carboxylic acids is 2. The van der Waals surface area contributed by atoms with Crippen LogP contribution < -0.4 is 10.1 Å². The lowest BCUT2D eigenvalue weighted by Crippen LogP contribution is -2.30. The van der Waals surface area contributed by atoms with E-state index in [0.717, 1.165) is 12.3 Å². The number of carbonyl (C=O) groups is 2. The second-order valence-corrected chi connectivity index (χ2v) is 3.55. The molecule has 1 N–H and O–H groups in total. The van der Waals surface area contributed by atoms with Crippen LogP contribution in [-0.2, 0) is 9.53 Å². The molecule has 1 aromatic rings. The first kappa shape index (κ1) is 15.7. The SMILES string of the molecule is COC(=O)CNC(=O)c1ccc(OCC(F)(F)F)nc1. The van der Waals surface area contributed by atoms with Gasteiger partial charge in [0.05, 0.1) is 12.7 Å². The van der Waals surface area contributed by atoms with Gasteiger partial charge in [0.25, 0.3) is 5.91 Å². The van der Waals surface area contributed by atoms with Crippen LogP contribution in [0.15, 0.2) is 18.3 Å². The number of hydrogen-bond acceptors (Lipinski definition) is 5. The molecule has 1 aromatic heterocycles. The number of pyridine rings is 1. The van der Waals surface area contributed by atoms with E-state index in [0.29, 0.717) is 0 Å². The quantitative estimate of drug-likeness (QED) is 0.817. The van der Waals surface area contributed by atoms with Gasteiger partial charge in [-0.15, -0.1) is 0 Å². The van der Waals surface area contributed by atoms with Crippen molar-refractivity contribution in [3.05, 3.63) is 23.9 Å². The Hall–Kier alpha value is -2.32. The summed E-state index contributed by atoms with van der Waals surface area (Å²) in [4.78, 5) is 25.9. The molecule has 110 valence electrons. The Kier molecular flexibility index (Phi) is 5.30. The van der Waals surface area contributed by atoms with Gasteiger partial charge in [0.2, 0.25) is 5.88 Å². The first-order valence-corrected chi connectivity index (χ1v) is 5.32. The zero-order chi connectivity index (χ0) is 15.2. The molecule has 0 atom stereocenters. The minimum Gasteiger partial charge on any atom is -0.468 e. The summed E-state index contributed by atoms with van der Waals surface area (Å²) in [6, 6.07) is 2.35. The van der Waals surface area contributed by atoms with Crippen molar-refractivity contribution < 1.29 is 32.2 Å².